The van der Waals surface area contributed by atoms with Crippen LogP contribution in [0.25, 0.3) is 0 Å². The van der Waals surface area contributed by atoms with Gasteiger partial charge in [-0.15, -0.1) is 0 Å². The van der Waals surface area contributed by atoms with Gasteiger partial charge >= 0.3 is 17.9 Å². The van der Waals surface area contributed by atoms with E-state index in [1.165, 1.54) is 0 Å². The number of hydrogen-bond acceptors (Lipinski definition) is 5. The van der Waals surface area contributed by atoms with Crippen LogP contribution in [0.3, 0.4) is 0 Å². The normalized spacial score (nSPS) is 28.9. The topological polar surface area (TPSA) is 69.7 Å². The fourth-order valence-electron chi connectivity index (χ4n) is 5.07. The van der Waals surface area contributed by atoms with Crippen molar-refractivity contribution in [1.82, 2.24) is 0 Å². The maximum Gasteiger partial charge on any atom is 0.334 e. The summed E-state index contributed by atoms with van der Waals surface area (Å²) in [6.45, 7) is 7.19. The highest BCUT2D eigenvalue weighted by Crippen LogP contribution is 2.64. The molecule has 4 unspecified atom stereocenters. The molecular weight excluding hydrogens is 356 g/mol. The Labute approximate surface area is 162 Å². The second-order valence-corrected chi connectivity index (χ2v) is 7.80. The molecule has 4 aliphatic rings. The summed E-state index contributed by atoms with van der Waals surface area (Å²) in [6, 6.07) is 13.4. The molecule has 3 aliphatic carbocycles. The largest absolute Gasteiger partial charge is 0.445 e. The van der Waals surface area contributed by atoms with Gasteiger partial charge in [0, 0.05) is 22.6 Å². The molecule has 0 radical (unpaired) electrons. The molecule has 1 fully saturated rings. The number of aryl methyl sites for hydroxylation is 1. The summed E-state index contributed by atoms with van der Waals surface area (Å²) in [5.41, 5.74) is 3.07. The number of benzene rings is 2. The Morgan fingerprint density at radius 2 is 1.79 bits per heavy atom. The molecule has 140 valence electrons. The molecule has 5 nitrogen and oxygen atoms in total. The quantitative estimate of drug-likeness (QED) is 0.459. The second kappa shape index (κ2) is 5.41. The van der Waals surface area contributed by atoms with Crippen molar-refractivity contribution in [2.45, 2.75) is 25.4 Å². The van der Waals surface area contributed by atoms with Crippen molar-refractivity contribution in [2.75, 3.05) is 0 Å². The number of ether oxygens (including phenoxy) is 2. The van der Waals surface area contributed by atoms with E-state index in [0.717, 1.165) is 27.8 Å². The number of esters is 3. The van der Waals surface area contributed by atoms with E-state index < -0.39 is 35.3 Å². The standard InChI is InChI=1S/C23H18O5/c1-11(2)20(24)28-23-15-7-5-4-6-13(15)17(14-9-8-12(3)10-16(14)23)18-19(23)22(26)27-21(18)25/h4-10,17-19H,1H2,2-3H3. The fourth-order valence-corrected chi connectivity index (χ4v) is 5.07. The predicted molar refractivity (Wildman–Crippen MR) is 99.2 cm³/mol. The molecule has 2 aromatic carbocycles. The van der Waals surface area contributed by atoms with E-state index in [1.54, 1.807) is 6.92 Å². The maximum absolute atomic E-state index is 12.8. The monoisotopic (exact) mass is 374 g/mol. The van der Waals surface area contributed by atoms with Gasteiger partial charge in [-0.1, -0.05) is 54.6 Å². The van der Waals surface area contributed by atoms with Gasteiger partial charge in [-0.3, -0.25) is 9.59 Å². The van der Waals surface area contributed by atoms with Gasteiger partial charge in [0.2, 0.25) is 0 Å². The summed E-state index contributed by atoms with van der Waals surface area (Å²) < 4.78 is 11.1. The van der Waals surface area contributed by atoms with E-state index in [9.17, 15) is 14.4 Å². The number of cyclic esters (lactones) is 2. The van der Waals surface area contributed by atoms with Crippen LogP contribution in [0.5, 0.6) is 0 Å². The molecule has 6 rings (SSSR count). The number of carbonyl (C=O) groups is 3. The first-order valence-electron chi connectivity index (χ1n) is 9.21. The van der Waals surface area contributed by atoms with Gasteiger partial charge in [-0.05, 0) is 25.0 Å². The summed E-state index contributed by atoms with van der Waals surface area (Å²) in [6.07, 6.45) is 0. The van der Waals surface area contributed by atoms with Gasteiger partial charge < -0.3 is 9.47 Å². The van der Waals surface area contributed by atoms with Gasteiger partial charge in [-0.25, -0.2) is 4.79 Å². The van der Waals surface area contributed by atoms with Crippen LogP contribution < -0.4 is 0 Å². The Hall–Kier alpha value is -3.21. The lowest BCUT2D eigenvalue weighted by atomic mass is 9.52. The van der Waals surface area contributed by atoms with Crippen LogP contribution >= 0.6 is 0 Å². The van der Waals surface area contributed by atoms with Crippen LogP contribution in [-0.4, -0.2) is 17.9 Å². The van der Waals surface area contributed by atoms with Gasteiger partial charge in [0.05, 0.1) is 5.92 Å². The van der Waals surface area contributed by atoms with Gasteiger partial charge in [0.15, 0.2) is 5.60 Å². The molecule has 0 aromatic heterocycles. The van der Waals surface area contributed by atoms with Gasteiger partial charge in [0.25, 0.3) is 0 Å². The Kier molecular flexibility index (Phi) is 3.27. The molecule has 2 bridgehead atoms. The SMILES string of the molecule is C=C(C)C(=O)OC12c3ccccc3C(c3ccc(C)cc31)C1C(=O)OC(=O)C12. The number of hydrogen-bond donors (Lipinski definition) is 0. The summed E-state index contributed by atoms with van der Waals surface area (Å²) in [5, 5.41) is 0. The number of carbonyl (C=O) groups excluding carboxylic acids is 3. The second-order valence-electron chi connectivity index (χ2n) is 7.80. The first-order chi connectivity index (χ1) is 13.4. The lowest BCUT2D eigenvalue weighted by Crippen LogP contribution is -2.55. The lowest BCUT2D eigenvalue weighted by Gasteiger charge is -2.52. The zero-order chi connectivity index (χ0) is 19.8. The molecule has 5 heteroatoms. The first kappa shape index (κ1) is 16.9. The van der Waals surface area contributed by atoms with Crippen molar-refractivity contribution < 1.29 is 23.9 Å². The van der Waals surface area contributed by atoms with Crippen LogP contribution in [0.1, 0.15) is 40.7 Å². The van der Waals surface area contributed by atoms with E-state index in [0.29, 0.717) is 0 Å². The molecule has 28 heavy (non-hydrogen) atoms. The third kappa shape index (κ3) is 1.88. The molecule has 1 saturated heterocycles. The average molecular weight is 374 g/mol. The van der Waals surface area contributed by atoms with E-state index in [1.807, 2.05) is 49.4 Å². The van der Waals surface area contributed by atoms with Crippen molar-refractivity contribution in [2.24, 2.45) is 11.8 Å². The molecule has 1 aliphatic heterocycles. The van der Waals surface area contributed by atoms with E-state index >= 15 is 0 Å². The first-order valence-corrected chi connectivity index (χ1v) is 9.21. The van der Waals surface area contributed by atoms with E-state index in [-0.39, 0.29) is 11.5 Å². The Morgan fingerprint density at radius 3 is 2.54 bits per heavy atom. The minimum Gasteiger partial charge on any atom is -0.445 e. The zero-order valence-corrected chi connectivity index (χ0v) is 15.5. The lowest BCUT2D eigenvalue weighted by molar-refractivity contribution is -0.167. The van der Waals surface area contributed by atoms with Crippen LogP contribution in [0.4, 0.5) is 0 Å². The van der Waals surface area contributed by atoms with Crippen LogP contribution in [0.2, 0.25) is 0 Å². The molecule has 2 aromatic rings. The molecule has 0 saturated carbocycles. The van der Waals surface area contributed by atoms with Crippen molar-refractivity contribution in [3.8, 4) is 0 Å². The highest BCUT2D eigenvalue weighted by molar-refractivity contribution is 6.01. The highest BCUT2D eigenvalue weighted by atomic mass is 16.6. The Bertz CT molecular complexity index is 1100. The Morgan fingerprint density at radius 1 is 1.07 bits per heavy atom. The minimum atomic E-state index is -1.41. The van der Waals surface area contributed by atoms with Crippen molar-refractivity contribution in [1.29, 1.82) is 0 Å². The van der Waals surface area contributed by atoms with Crippen LogP contribution in [0, 0.1) is 18.8 Å². The smallest absolute Gasteiger partial charge is 0.334 e. The van der Waals surface area contributed by atoms with Crippen molar-refractivity contribution in [3.63, 3.8) is 0 Å². The number of rotatable bonds is 2. The third-order valence-corrected chi connectivity index (χ3v) is 6.13. The minimum absolute atomic E-state index is 0.225. The summed E-state index contributed by atoms with van der Waals surface area (Å²) in [5.74, 6) is -3.73. The molecule has 1 heterocycles. The van der Waals surface area contributed by atoms with E-state index in [2.05, 4.69) is 6.58 Å². The fraction of sp³-hybridized carbons (Fsp3) is 0.261. The maximum atomic E-state index is 12.8. The summed E-state index contributed by atoms with van der Waals surface area (Å²) >= 11 is 0. The molecule has 0 spiro atoms. The average Bonchev–Trinajstić information content (AvgIpc) is 2.97. The molecule has 0 amide bonds. The summed E-state index contributed by atoms with van der Waals surface area (Å²) in [7, 11) is 0. The van der Waals surface area contributed by atoms with E-state index in [4.69, 9.17) is 9.47 Å². The molecule has 4 atom stereocenters. The predicted octanol–water partition coefficient (Wildman–Crippen LogP) is 3.13. The van der Waals surface area contributed by atoms with Crippen LogP contribution in [0.15, 0.2) is 54.6 Å². The van der Waals surface area contributed by atoms with Crippen molar-refractivity contribution >= 4 is 17.9 Å². The summed E-state index contributed by atoms with van der Waals surface area (Å²) in [4.78, 5) is 38.2. The van der Waals surface area contributed by atoms with Crippen LogP contribution in [-0.2, 0) is 29.5 Å². The molecular formula is C23H18O5. The highest BCUT2D eigenvalue weighted by Gasteiger charge is 2.69. The third-order valence-electron chi connectivity index (χ3n) is 6.13. The molecule has 0 N–H and O–H groups in total. The zero-order valence-electron chi connectivity index (χ0n) is 15.5. The van der Waals surface area contributed by atoms with Gasteiger partial charge in [0.1, 0.15) is 5.92 Å². The van der Waals surface area contributed by atoms with Gasteiger partial charge in [-0.2, -0.15) is 0 Å². The Balaban J connectivity index is 1.90. The van der Waals surface area contributed by atoms with Crippen molar-refractivity contribution in [3.05, 3.63) is 82.4 Å².